The highest BCUT2D eigenvalue weighted by molar-refractivity contribution is 5.84. The maximum absolute atomic E-state index is 8.54. The summed E-state index contributed by atoms with van der Waals surface area (Å²) in [4.78, 5) is 11.5. The average Bonchev–Trinajstić information content (AvgIpc) is 2.80. The van der Waals surface area contributed by atoms with Gasteiger partial charge in [0.25, 0.3) is 0 Å². The Labute approximate surface area is 118 Å². The molecule has 0 aliphatic rings. The lowest BCUT2D eigenvalue weighted by Crippen LogP contribution is -2.17. The Morgan fingerprint density at radius 2 is 2.20 bits per heavy atom. The molecule has 2 aromatic heterocycles. The predicted molar refractivity (Wildman–Crippen MR) is 77.3 cm³/mol. The molecule has 5 heteroatoms. The molecule has 0 unspecified atom stereocenters. The van der Waals surface area contributed by atoms with Crippen LogP contribution >= 0.6 is 0 Å². The fourth-order valence-electron chi connectivity index (χ4n) is 1.79. The van der Waals surface area contributed by atoms with Crippen molar-refractivity contribution < 1.29 is 4.74 Å². The summed E-state index contributed by atoms with van der Waals surface area (Å²) in [5.74, 6) is 0.589. The highest BCUT2D eigenvalue weighted by atomic mass is 16.5. The van der Waals surface area contributed by atoms with Gasteiger partial charge in [-0.3, -0.25) is 0 Å². The van der Waals surface area contributed by atoms with Gasteiger partial charge in [0.2, 0.25) is 5.88 Å². The number of hydrogen-bond donors (Lipinski definition) is 1. The summed E-state index contributed by atoms with van der Waals surface area (Å²) in [6.07, 6.45) is 7.30. The molecule has 0 aliphatic heterocycles. The molecular formula is C15H18N4O. The van der Waals surface area contributed by atoms with Gasteiger partial charge >= 0.3 is 0 Å². The zero-order chi connectivity index (χ0) is 14.6. The summed E-state index contributed by atoms with van der Waals surface area (Å²) in [6.45, 7) is 6.91. The van der Waals surface area contributed by atoms with Gasteiger partial charge in [0.1, 0.15) is 12.0 Å². The number of aromatic amines is 1. The fourth-order valence-corrected chi connectivity index (χ4v) is 1.79. The average molecular weight is 270 g/mol. The SMILES string of the molecule is CC(C)(C)COc1ncnc2[nH]cc(C/C=C/C#N)c12. The minimum atomic E-state index is 0.0639. The number of nitrogens with one attached hydrogen (secondary N) is 1. The maximum atomic E-state index is 8.54. The van der Waals surface area contributed by atoms with Crippen LogP contribution in [-0.2, 0) is 6.42 Å². The van der Waals surface area contributed by atoms with Crippen LogP contribution < -0.4 is 4.74 Å². The van der Waals surface area contributed by atoms with Crippen molar-refractivity contribution in [1.29, 1.82) is 5.26 Å². The first-order chi connectivity index (χ1) is 9.51. The summed E-state index contributed by atoms with van der Waals surface area (Å²) in [6, 6.07) is 1.98. The molecule has 0 aliphatic carbocycles. The van der Waals surface area contributed by atoms with Crippen molar-refractivity contribution in [2.75, 3.05) is 6.61 Å². The molecular weight excluding hydrogens is 252 g/mol. The van der Waals surface area contributed by atoms with Crippen LogP contribution in [0.1, 0.15) is 26.3 Å². The smallest absolute Gasteiger partial charge is 0.226 e. The van der Waals surface area contributed by atoms with Gasteiger partial charge in [-0.1, -0.05) is 26.8 Å². The van der Waals surface area contributed by atoms with Crippen LogP contribution in [0.5, 0.6) is 5.88 Å². The van der Waals surface area contributed by atoms with E-state index < -0.39 is 0 Å². The van der Waals surface area contributed by atoms with Crippen LogP contribution in [0.3, 0.4) is 0 Å². The van der Waals surface area contributed by atoms with Crippen LogP contribution in [0.2, 0.25) is 0 Å². The number of allylic oxidation sites excluding steroid dienone is 2. The van der Waals surface area contributed by atoms with Crippen LogP contribution in [0, 0.1) is 16.7 Å². The number of ether oxygens (including phenoxy) is 1. The zero-order valence-electron chi connectivity index (χ0n) is 12.0. The van der Waals surface area contributed by atoms with Gasteiger partial charge in [-0.25, -0.2) is 9.97 Å². The van der Waals surface area contributed by atoms with Crippen molar-refractivity contribution in [3.63, 3.8) is 0 Å². The highest BCUT2D eigenvalue weighted by Gasteiger charge is 2.15. The third-order valence-corrected chi connectivity index (χ3v) is 2.69. The maximum Gasteiger partial charge on any atom is 0.226 e. The van der Waals surface area contributed by atoms with E-state index in [9.17, 15) is 0 Å². The highest BCUT2D eigenvalue weighted by Crippen LogP contribution is 2.27. The van der Waals surface area contributed by atoms with Gasteiger partial charge < -0.3 is 9.72 Å². The van der Waals surface area contributed by atoms with Crippen molar-refractivity contribution in [2.45, 2.75) is 27.2 Å². The summed E-state index contributed by atoms with van der Waals surface area (Å²) < 4.78 is 5.83. The molecule has 20 heavy (non-hydrogen) atoms. The molecule has 0 saturated carbocycles. The molecule has 104 valence electrons. The Morgan fingerprint density at radius 3 is 2.90 bits per heavy atom. The van der Waals surface area contributed by atoms with E-state index in [1.165, 1.54) is 12.4 Å². The van der Waals surface area contributed by atoms with E-state index in [0.29, 0.717) is 18.9 Å². The topological polar surface area (TPSA) is 74.6 Å². The molecule has 0 bridgehead atoms. The number of H-pyrrole nitrogens is 1. The first kappa shape index (κ1) is 14.1. The fraction of sp³-hybridized carbons (Fsp3) is 0.400. The number of aromatic nitrogens is 3. The monoisotopic (exact) mass is 270 g/mol. The predicted octanol–water partition coefficient (Wildman–Crippen LogP) is 3.01. The standard InChI is InChI=1S/C15H18N4O/c1-15(2,3)9-20-14-12-11(6-4-5-7-16)8-17-13(12)18-10-19-14/h4-5,8,10H,6,9H2,1-3H3,(H,17,18,19)/b5-4+. The van der Waals surface area contributed by atoms with E-state index in [0.717, 1.165) is 16.6 Å². The Balaban J connectivity index is 2.32. The van der Waals surface area contributed by atoms with Crippen molar-refractivity contribution in [1.82, 2.24) is 15.0 Å². The minimum absolute atomic E-state index is 0.0639. The Bertz CT molecular complexity index is 659. The van der Waals surface area contributed by atoms with Crippen molar-refractivity contribution >= 4 is 11.0 Å². The first-order valence-corrected chi connectivity index (χ1v) is 6.49. The van der Waals surface area contributed by atoms with Gasteiger partial charge in [0.15, 0.2) is 0 Å². The summed E-state index contributed by atoms with van der Waals surface area (Å²) in [5, 5.41) is 9.43. The number of fused-ring (bicyclic) bond motifs is 1. The molecule has 5 nitrogen and oxygen atoms in total. The Kier molecular flexibility index (Phi) is 4.04. The zero-order valence-corrected chi connectivity index (χ0v) is 12.0. The molecule has 0 aromatic carbocycles. The molecule has 2 rings (SSSR count). The third kappa shape index (κ3) is 3.35. The van der Waals surface area contributed by atoms with Crippen LogP contribution in [0.25, 0.3) is 11.0 Å². The largest absolute Gasteiger partial charge is 0.477 e. The molecule has 0 saturated heterocycles. The molecule has 0 atom stereocenters. The van der Waals surface area contributed by atoms with E-state index >= 15 is 0 Å². The normalized spacial score (nSPS) is 11.9. The van der Waals surface area contributed by atoms with Gasteiger partial charge in [0, 0.05) is 12.3 Å². The quantitative estimate of drug-likeness (QED) is 0.866. The van der Waals surface area contributed by atoms with Crippen LogP contribution in [-0.4, -0.2) is 21.6 Å². The van der Waals surface area contributed by atoms with E-state index in [1.807, 2.05) is 18.3 Å². The molecule has 0 radical (unpaired) electrons. The van der Waals surface area contributed by atoms with Crippen LogP contribution in [0.4, 0.5) is 0 Å². The third-order valence-electron chi connectivity index (χ3n) is 2.69. The van der Waals surface area contributed by atoms with Gasteiger partial charge in [-0.2, -0.15) is 5.26 Å². The van der Waals surface area contributed by atoms with Gasteiger partial charge in [0.05, 0.1) is 18.1 Å². The first-order valence-electron chi connectivity index (χ1n) is 6.49. The van der Waals surface area contributed by atoms with Crippen LogP contribution in [0.15, 0.2) is 24.7 Å². The van der Waals surface area contributed by atoms with E-state index in [-0.39, 0.29) is 5.41 Å². The van der Waals surface area contributed by atoms with E-state index in [1.54, 1.807) is 0 Å². The lowest BCUT2D eigenvalue weighted by atomic mass is 9.99. The van der Waals surface area contributed by atoms with E-state index in [2.05, 4.69) is 35.7 Å². The number of nitrogens with zero attached hydrogens (tertiary/aromatic N) is 3. The molecule has 0 fully saturated rings. The Morgan fingerprint density at radius 1 is 1.40 bits per heavy atom. The van der Waals surface area contributed by atoms with Gasteiger partial charge in [-0.05, 0) is 17.4 Å². The molecule has 1 N–H and O–H groups in total. The minimum Gasteiger partial charge on any atom is -0.477 e. The molecule has 2 heterocycles. The summed E-state index contributed by atoms with van der Waals surface area (Å²) >= 11 is 0. The van der Waals surface area contributed by atoms with Crippen molar-refractivity contribution in [3.05, 3.63) is 30.2 Å². The molecule has 0 amide bonds. The van der Waals surface area contributed by atoms with Crippen molar-refractivity contribution in [2.24, 2.45) is 5.41 Å². The lowest BCUT2D eigenvalue weighted by molar-refractivity contribution is 0.193. The second-order valence-electron chi connectivity index (χ2n) is 5.80. The Hall–Kier alpha value is -2.35. The molecule has 0 spiro atoms. The number of nitriles is 1. The second kappa shape index (κ2) is 5.74. The number of rotatable bonds is 4. The summed E-state index contributed by atoms with van der Waals surface area (Å²) in [7, 11) is 0. The van der Waals surface area contributed by atoms with Gasteiger partial charge in [-0.15, -0.1) is 0 Å². The number of hydrogen-bond acceptors (Lipinski definition) is 4. The molecule has 2 aromatic rings. The second-order valence-corrected chi connectivity index (χ2v) is 5.80. The van der Waals surface area contributed by atoms with Crippen molar-refractivity contribution in [3.8, 4) is 11.9 Å². The summed E-state index contributed by atoms with van der Waals surface area (Å²) in [5.41, 5.74) is 1.84. The van der Waals surface area contributed by atoms with E-state index in [4.69, 9.17) is 10.00 Å². The lowest BCUT2D eigenvalue weighted by Gasteiger charge is -2.18.